The highest BCUT2D eigenvalue weighted by molar-refractivity contribution is 6.32. The molecule has 1 amide bonds. The summed E-state index contributed by atoms with van der Waals surface area (Å²) in [5, 5.41) is 2.82. The third-order valence-corrected chi connectivity index (χ3v) is 3.07. The molecule has 0 aliphatic rings. The quantitative estimate of drug-likeness (QED) is 0.891. The molecule has 0 bridgehead atoms. The van der Waals surface area contributed by atoms with Crippen molar-refractivity contribution in [1.29, 1.82) is 0 Å². The number of hydrogen-bond acceptors (Lipinski definition) is 4. The van der Waals surface area contributed by atoms with E-state index in [1.807, 2.05) is 31.1 Å². The summed E-state index contributed by atoms with van der Waals surface area (Å²) in [4.78, 5) is 14.0. The van der Waals surface area contributed by atoms with Crippen molar-refractivity contribution >= 4 is 23.2 Å². The van der Waals surface area contributed by atoms with E-state index in [-0.39, 0.29) is 11.1 Å². The zero-order valence-corrected chi connectivity index (χ0v) is 12.7. The molecule has 1 heterocycles. The molecule has 0 spiro atoms. The number of ether oxygens (including phenoxy) is 1. The van der Waals surface area contributed by atoms with Crippen LogP contribution in [0, 0.1) is 0 Å². The fraction of sp³-hybridized carbons (Fsp3) is 0.267. The van der Waals surface area contributed by atoms with Crippen molar-refractivity contribution in [2.24, 2.45) is 0 Å². The highest BCUT2D eigenvalue weighted by atomic mass is 35.5. The van der Waals surface area contributed by atoms with Crippen LogP contribution in [0.25, 0.3) is 0 Å². The van der Waals surface area contributed by atoms with Crippen molar-refractivity contribution in [3.63, 3.8) is 0 Å². The van der Waals surface area contributed by atoms with E-state index in [4.69, 9.17) is 20.8 Å². The second-order valence-electron chi connectivity index (χ2n) is 4.74. The lowest BCUT2D eigenvalue weighted by Crippen LogP contribution is -2.19. The second-order valence-corrected chi connectivity index (χ2v) is 5.08. The first kappa shape index (κ1) is 15.4. The molecule has 0 aliphatic heterocycles. The Kier molecular flexibility index (Phi) is 5.25. The molecule has 112 valence electrons. The predicted octanol–water partition coefficient (Wildman–Crippen LogP) is 3.13. The second kappa shape index (κ2) is 7.15. The zero-order chi connectivity index (χ0) is 15.2. The maximum absolute atomic E-state index is 11.9. The van der Waals surface area contributed by atoms with E-state index < -0.39 is 0 Å². The van der Waals surface area contributed by atoms with Gasteiger partial charge in [0, 0.05) is 12.2 Å². The number of nitrogens with one attached hydrogen (secondary N) is 1. The molecule has 0 saturated carbocycles. The van der Waals surface area contributed by atoms with Crippen LogP contribution in [0.1, 0.15) is 10.4 Å². The average Bonchev–Trinajstić information content (AvgIpc) is 2.87. The third kappa shape index (κ3) is 4.51. The summed E-state index contributed by atoms with van der Waals surface area (Å²) < 4.78 is 10.5. The van der Waals surface area contributed by atoms with E-state index in [9.17, 15) is 4.79 Å². The minimum Gasteiger partial charge on any atom is -0.492 e. The molecule has 0 radical (unpaired) electrons. The predicted molar refractivity (Wildman–Crippen MR) is 82.2 cm³/mol. The number of hydrogen-bond donors (Lipinski definition) is 1. The van der Waals surface area contributed by atoms with Gasteiger partial charge in [0.2, 0.25) is 5.22 Å². The Hall–Kier alpha value is -1.98. The zero-order valence-electron chi connectivity index (χ0n) is 11.9. The summed E-state index contributed by atoms with van der Waals surface area (Å²) in [6.07, 6.45) is 1.37. The largest absolute Gasteiger partial charge is 0.492 e. The van der Waals surface area contributed by atoms with Crippen molar-refractivity contribution in [3.8, 4) is 5.75 Å². The molecule has 21 heavy (non-hydrogen) atoms. The minimum atomic E-state index is -0.310. The Morgan fingerprint density at radius 1 is 1.29 bits per heavy atom. The van der Waals surface area contributed by atoms with Gasteiger partial charge in [-0.15, -0.1) is 0 Å². The third-order valence-electron chi connectivity index (χ3n) is 2.78. The van der Waals surface area contributed by atoms with E-state index >= 15 is 0 Å². The van der Waals surface area contributed by atoms with Gasteiger partial charge in [0.15, 0.2) is 0 Å². The lowest BCUT2D eigenvalue weighted by molar-refractivity contribution is 0.102. The monoisotopic (exact) mass is 308 g/mol. The maximum atomic E-state index is 11.9. The number of benzene rings is 1. The van der Waals surface area contributed by atoms with Crippen LogP contribution >= 0.6 is 11.6 Å². The van der Waals surface area contributed by atoms with Crippen LogP contribution in [0.5, 0.6) is 5.75 Å². The van der Waals surface area contributed by atoms with Crippen molar-refractivity contribution in [2.45, 2.75) is 0 Å². The normalized spacial score (nSPS) is 10.7. The van der Waals surface area contributed by atoms with Gasteiger partial charge in [-0.25, -0.2) is 0 Å². The van der Waals surface area contributed by atoms with Crippen LogP contribution in [0.4, 0.5) is 5.69 Å². The summed E-state index contributed by atoms with van der Waals surface area (Å²) >= 11 is 5.76. The average molecular weight is 309 g/mol. The number of anilines is 1. The Bertz CT molecular complexity index is 593. The standard InChI is InChI=1S/C15H17ClN2O3/c1-18(2)8-10-20-12-5-3-11(4-6-12)17-15(19)13-7-9-21-14(13)16/h3-7,9H,8,10H2,1-2H3,(H,17,19). The molecule has 1 N–H and O–H groups in total. The molecule has 0 unspecified atom stereocenters. The van der Waals surface area contributed by atoms with Crippen LogP contribution in [0.2, 0.25) is 5.22 Å². The van der Waals surface area contributed by atoms with Gasteiger partial charge in [0.25, 0.3) is 5.91 Å². The van der Waals surface area contributed by atoms with Crippen molar-refractivity contribution in [1.82, 2.24) is 4.90 Å². The van der Waals surface area contributed by atoms with Gasteiger partial charge >= 0.3 is 0 Å². The van der Waals surface area contributed by atoms with Crippen LogP contribution in [0.3, 0.4) is 0 Å². The van der Waals surface area contributed by atoms with Gasteiger partial charge in [0.1, 0.15) is 12.4 Å². The van der Waals surface area contributed by atoms with Gasteiger partial charge in [-0.05, 0) is 56.0 Å². The Balaban J connectivity index is 1.90. The van der Waals surface area contributed by atoms with E-state index in [0.717, 1.165) is 12.3 Å². The highest BCUT2D eigenvalue weighted by Gasteiger charge is 2.12. The summed E-state index contributed by atoms with van der Waals surface area (Å²) in [6.45, 7) is 1.46. The first-order chi connectivity index (χ1) is 10.1. The number of furan rings is 1. The number of carbonyl (C=O) groups excluding carboxylic acids is 1. The number of carbonyl (C=O) groups is 1. The van der Waals surface area contributed by atoms with Gasteiger partial charge in [0.05, 0.1) is 11.8 Å². The smallest absolute Gasteiger partial charge is 0.260 e. The van der Waals surface area contributed by atoms with Gasteiger partial charge in [-0.2, -0.15) is 0 Å². The molecule has 2 rings (SSSR count). The summed E-state index contributed by atoms with van der Waals surface area (Å²) in [5.41, 5.74) is 0.972. The summed E-state index contributed by atoms with van der Waals surface area (Å²) in [5.74, 6) is 0.450. The van der Waals surface area contributed by atoms with Crippen molar-refractivity contribution in [2.75, 3.05) is 32.6 Å². The lowest BCUT2D eigenvalue weighted by atomic mass is 10.2. The minimum absolute atomic E-state index is 0.0798. The maximum Gasteiger partial charge on any atom is 0.260 e. The van der Waals surface area contributed by atoms with Crippen molar-refractivity contribution < 1.29 is 13.9 Å². The molecule has 1 aromatic carbocycles. The fourth-order valence-corrected chi connectivity index (χ4v) is 1.83. The van der Waals surface area contributed by atoms with E-state index in [1.165, 1.54) is 12.3 Å². The highest BCUT2D eigenvalue weighted by Crippen LogP contribution is 2.20. The molecule has 6 heteroatoms. The molecular formula is C15H17ClN2O3. The van der Waals surface area contributed by atoms with Gasteiger partial charge in [-0.3, -0.25) is 4.79 Å². The van der Waals surface area contributed by atoms with Gasteiger partial charge < -0.3 is 19.4 Å². The molecule has 5 nitrogen and oxygen atoms in total. The first-order valence-corrected chi connectivity index (χ1v) is 6.86. The molecule has 0 saturated heterocycles. The summed E-state index contributed by atoms with van der Waals surface area (Å²) in [6, 6.07) is 8.69. The summed E-state index contributed by atoms with van der Waals surface area (Å²) in [7, 11) is 3.98. The number of nitrogens with zero attached hydrogens (tertiary/aromatic N) is 1. The van der Waals surface area contributed by atoms with Crippen LogP contribution in [-0.4, -0.2) is 38.1 Å². The first-order valence-electron chi connectivity index (χ1n) is 6.48. The molecular weight excluding hydrogens is 292 g/mol. The molecule has 0 aliphatic carbocycles. The topological polar surface area (TPSA) is 54.7 Å². The lowest BCUT2D eigenvalue weighted by Gasteiger charge is -2.11. The molecule has 0 fully saturated rings. The van der Waals surface area contributed by atoms with E-state index in [1.54, 1.807) is 12.1 Å². The van der Waals surface area contributed by atoms with Crippen molar-refractivity contribution in [3.05, 3.63) is 47.4 Å². The van der Waals surface area contributed by atoms with E-state index in [2.05, 4.69) is 5.32 Å². The van der Waals surface area contributed by atoms with Gasteiger partial charge in [-0.1, -0.05) is 0 Å². The van der Waals surface area contributed by atoms with Crippen LogP contribution in [0.15, 0.2) is 41.0 Å². The van der Waals surface area contributed by atoms with E-state index in [0.29, 0.717) is 17.9 Å². The number of amides is 1. The number of halogens is 1. The molecule has 1 aromatic heterocycles. The Morgan fingerprint density at radius 2 is 2.00 bits per heavy atom. The Labute approximate surface area is 128 Å². The fourth-order valence-electron chi connectivity index (χ4n) is 1.63. The Morgan fingerprint density at radius 3 is 2.57 bits per heavy atom. The van der Waals surface area contributed by atoms with Crippen LogP contribution < -0.4 is 10.1 Å². The number of likely N-dealkylation sites (N-methyl/N-ethyl adjacent to an activating group) is 1. The molecule has 0 atom stereocenters. The SMILES string of the molecule is CN(C)CCOc1ccc(NC(=O)c2ccoc2Cl)cc1. The molecule has 2 aromatic rings. The number of rotatable bonds is 6. The van der Waals surface area contributed by atoms with Crippen LogP contribution in [-0.2, 0) is 0 Å².